The Labute approximate surface area is 156 Å². The maximum Gasteiger partial charge on any atom is 0.226 e. The number of benzene rings is 1. The molecule has 0 atom stereocenters. The van der Waals surface area contributed by atoms with Gasteiger partial charge in [-0.2, -0.15) is 0 Å². The second-order valence-electron chi connectivity index (χ2n) is 5.45. The Morgan fingerprint density at radius 2 is 1.92 bits per heavy atom. The smallest absolute Gasteiger partial charge is 0.226 e. The third-order valence-corrected chi connectivity index (χ3v) is 3.88. The van der Waals surface area contributed by atoms with Crippen LogP contribution in [0, 0.1) is 6.92 Å². The van der Waals surface area contributed by atoms with Crippen LogP contribution in [-0.4, -0.2) is 37.7 Å². The van der Waals surface area contributed by atoms with E-state index in [1.807, 2.05) is 0 Å². The molecule has 0 aliphatic rings. The fourth-order valence-corrected chi connectivity index (χ4v) is 2.53. The van der Waals surface area contributed by atoms with Gasteiger partial charge in [0.05, 0.1) is 24.9 Å². The quantitative estimate of drug-likeness (QED) is 0.792. The van der Waals surface area contributed by atoms with Crippen LogP contribution < -0.4 is 19.7 Å². The minimum absolute atomic E-state index is 0.0551. The van der Waals surface area contributed by atoms with Gasteiger partial charge in [-0.25, -0.2) is 0 Å². The molecule has 26 heavy (non-hydrogen) atoms. The third-order valence-electron chi connectivity index (χ3n) is 3.58. The average molecular weight is 382 g/mol. The van der Waals surface area contributed by atoms with Crippen molar-refractivity contribution in [3.05, 3.63) is 29.0 Å². The highest BCUT2D eigenvalue weighted by atomic mass is 35.5. The van der Waals surface area contributed by atoms with Crippen LogP contribution in [0.2, 0.25) is 5.02 Å². The van der Waals surface area contributed by atoms with Crippen molar-refractivity contribution < 1.29 is 23.6 Å². The molecule has 1 N–H and O–H groups in total. The number of rotatable bonds is 7. The maximum atomic E-state index is 12.3. The van der Waals surface area contributed by atoms with E-state index in [2.05, 4.69) is 10.5 Å². The molecule has 0 saturated carbocycles. The second-order valence-corrected chi connectivity index (χ2v) is 5.86. The minimum Gasteiger partial charge on any atom is -0.495 e. The van der Waals surface area contributed by atoms with E-state index in [4.69, 9.17) is 25.6 Å². The molecule has 0 unspecified atom stereocenters. The highest BCUT2D eigenvalue weighted by Crippen LogP contribution is 2.35. The highest BCUT2D eigenvalue weighted by molar-refractivity contribution is 6.32. The maximum absolute atomic E-state index is 12.3. The number of carbonyl (C=O) groups excluding carboxylic acids is 2. The van der Waals surface area contributed by atoms with E-state index in [0.29, 0.717) is 33.8 Å². The average Bonchev–Trinajstić information content (AvgIpc) is 3.01. The number of aryl methyl sites for hydroxylation is 1. The summed E-state index contributed by atoms with van der Waals surface area (Å²) in [6, 6.07) is 4.76. The van der Waals surface area contributed by atoms with E-state index in [1.165, 1.54) is 26.0 Å². The van der Waals surface area contributed by atoms with Crippen molar-refractivity contribution in [3.8, 4) is 11.5 Å². The minimum atomic E-state index is -0.306. The molecule has 140 valence electrons. The van der Waals surface area contributed by atoms with E-state index in [1.54, 1.807) is 25.1 Å². The zero-order chi connectivity index (χ0) is 19.3. The van der Waals surface area contributed by atoms with Crippen LogP contribution in [0.5, 0.6) is 11.5 Å². The van der Waals surface area contributed by atoms with E-state index in [9.17, 15) is 9.59 Å². The van der Waals surface area contributed by atoms with E-state index < -0.39 is 0 Å². The number of nitrogens with one attached hydrogen (secondary N) is 1. The number of ether oxygens (including phenoxy) is 2. The van der Waals surface area contributed by atoms with Gasteiger partial charge in [0.2, 0.25) is 11.8 Å². The lowest BCUT2D eigenvalue weighted by Crippen LogP contribution is -2.32. The molecule has 0 fully saturated rings. The van der Waals surface area contributed by atoms with E-state index in [-0.39, 0.29) is 24.8 Å². The SMILES string of the molecule is COc1cc(NC(=O)CCN(C(C)=O)c2cc(C)on2)c(OC)cc1Cl. The molecule has 2 amide bonds. The van der Waals surface area contributed by atoms with Crippen LogP contribution in [0.1, 0.15) is 19.1 Å². The number of hydrogen-bond donors (Lipinski definition) is 1. The lowest BCUT2D eigenvalue weighted by molar-refractivity contribution is -0.117. The lowest BCUT2D eigenvalue weighted by atomic mass is 10.2. The van der Waals surface area contributed by atoms with Gasteiger partial charge in [0, 0.05) is 38.1 Å². The Balaban J connectivity index is 2.07. The Bertz CT molecular complexity index is 806. The van der Waals surface area contributed by atoms with Gasteiger partial charge < -0.3 is 19.3 Å². The molecule has 0 aliphatic heterocycles. The van der Waals surface area contributed by atoms with Crippen LogP contribution in [0.25, 0.3) is 0 Å². The van der Waals surface area contributed by atoms with Crippen molar-refractivity contribution in [2.24, 2.45) is 0 Å². The van der Waals surface area contributed by atoms with Crippen LogP contribution in [-0.2, 0) is 9.59 Å². The molecule has 8 nitrogen and oxygen atoms in total. The summed E-state index contributed by atoms with van der Waals surface area (Å²) < 4.78 is 15.3. The van der Waals surface area contributed by atoms with Crippen molar-refractivity contribution >= 4 is 34.9 Å². The number of aromatic nitrogens is 1. The molecule has 2 rings (SSSR count). The van der Waals surface area contributed by atoms with Gasteiger partial charge in [-0.1, -0.05) is 16.8 Å². The van der Waals surface area contributed by atoms with Crippen LogP contribution in [0.3, 0.4) is 0 Å². The van der Waals surface area contributed by atoms with Crippen LogP contribution in [0.4, 0.5) is 11.5 Å². The van der Waals surface area contributed by atoms with Gasteiger partial charge in [0.1, 0.15) is 17.3 Å². The standard InChI is InChI=1S/C17H20ClN3O5/c1-10-7-16(20-26-10)21(11(2)22)6-5-17(23)19-13-9-14(24-3)12(18)8-15(13)25-4/h7-9H,5-6H2,1-4H3,(H,19,23). The predicted molar refractivity (Wildman–Crippen MR) is 97.1 cm³/mol. The van der Waals surface area contributed by atoms with Crippen molar-refractivity contribution in [1.29, 1.82) is 0 Å². The zero-order valence-electron chi connectivity index (χ0n) is 15.0. The summed E-state index contributed by atoms with van der Waals surface area (Å²) in [4.78, 5) is 25.5. The molecular formula is C17H20ClN3O5. The summed E-state index contributed by atoms with van der Waals surface area (Å²) in [6.07, 6.45) is 0.0551. The summed E-state index contributed by atoms with van der Waals surface area (Å²) in [5.41, 5.74) is 0.422. The van der Waals surface area contributed by atoms with Crippen LogP contribution in [0.15, 0.2) is 22.7 Å². The first-order valence-electron chi connectivity index (χ1n) is 7.78. The van der Waals surface area contributed by atoms with Gasteiger partial charge in [0.15, 0.2) is 5.82 Å². The second kappa shape index (κ2) is 8.57. The number of anilines is 2. The van der Waals surface area contributed by atoms with E-state index in [0.717, 1.165) is 0 Å². The summed E-state index contributed by atoms with van der Waals surface area (Å²) >= 11 is 6.05. The number of carbonyl (C=O) groups is 2. The summed E-state index contributed by atoms with van der Waals surface area (Å²) in [7, 11) is 2.95. The molecule has 0 aliphatic carbocycles. The molecule has 9 heteroatoms. The summed E-state index contributed by atoms with van der Waals surface area (Å²) in [5.74, 6) is 1.21. The fourth-order valence-electron chi connectivity index (χ4n) is 2.30. The summed E-state index contributed by atoms with van der Waals surface area (Å²) in [6.45, 7) is 3.27. The van der Waals surface area contributed by atoms with Gasteiger partial charge in [-0.3, -0.25) is 14.5 Å². The Morgan fingerprint density at radius 1 is 1.23 bits per heavy atom. The van der Waals surface area contributed by atoms with Gasteiger partial charge >= 0.3 is 0 Å². The highest BCUT2D eigenvalue weighted by Gasteiger charge is 2.18. The van der Waals surface area contributed by atoms with Gasteiger partial charge in [-0.15, -0.1) is 0 Å². The zero-order valence-corrected chi connectivity index (χ0v) is 15.7. The van der Waals surface area contributed by atoms with Crippen molar-refractivity contribution in [2.45, 2.75) is 20.3 Å². The molecule has 1 heterocycles. The normalized spacial score (nSPS) is 10.3. The number of nitrogens with zero attached hydrogens (tertiary/aromatic N) is 2. The molecule has 1 aromatic heterocycles. The van der Waals surface area contributed by atoms with Crippen molar-refractivity contribution in [2.75, 3.05) is 31.0 Å². The Hall–Kier alpha value is -2.74. The molecule has 2 aromatic rings. The Morgan fingerprint density at radius 3 is 2.46 bits per heavy atom. The van der Waals surface area contributed by atoms with Crippen LogP contribution >= 0.6 is 11.6 Å². The molecule has 0 saturated heterocycles. The molecule has 1 aromatic carbocycles. The number of hydrogen-bond acceptors (Lipinski definition) is 6. The van der Waals surface area contributed by atoms with Crippen molar-refractivity contribution in [1.82, 2.24) is 5.16 Å². The number of methoxy groups -OCH3 is 2. The molecular weight excluding hydrogens is 362 g/mol. The fraction of sp³-hybridized carbons (Fsp3) is 0.353. The first kappa shape index (κ1) is 19.6. The number of amides is 2. The molecule has 0 spiro atoms. The molecule has 0 radical (unpaired) electrons. The summed E-state index contributed by atoms with van der Waals surface area (Å²) in [5, 5.41) is 6.90. The van der Waals surface area contributed by atoms with Gasteiger partial charge in [0.25, 0.3) is 0 Å². The Kier molecular flexibility index (Phi) is 6.46. The predicted octanol–water partition coefficient (Wildman–Crippen LogP) is 3.04. The monoisotopic (exact) mass is 381 g/mol. The first-order chi connectivity index (χ1) is 12.3. The van der Waals surface area contributed by atoms with Crippen molar-refractivity contribution in [3.63, 3.8) is 0 Å². The number of halogens is 1. The third kappa shape index (κ3) is 4.66. The van der Waals surface area contributed by atoms with Gasteiger partial charge in [-0.05, 0) is 6.92 Å². The molecule has 0 bridgehead atoms. The topological polar surface area (TPSA) is 93.9 Å². The first-order valence-corrected chi connectivity index (χ1v) is 8.16. The van der Waals surface area contributed by atoms with E-state index >= 15 is 0 Å². The largest absolute Gasteiger partial charge is 0.495 e. The lowest BCUT2D eigenvalue weighted by Gasteiger charge is -2.18.